The van der Waals surface area contributed by atoms with Gasteiger partial charge in [-0.3, -0.25) is 4.79 Å². The van der Waals surface area contributed by atoms with Crippen molar-refractivity contribution in [2.45, 2.75) is 32.9 Å². The lowest BCUT2D eigenvalue weighted by atomic mass is 10.1. The zero-order chi connectivity index (χ0) is 13.7. The number of benzene rings is 1. The Morgan fingerprint density at radius 1 is 1.39 bits per heavy atom. The topological polar surface area (TPSA) is 55.1 Å². The maximum Gasteiger partial charge on any atom is 0.234 e. The summed E-state index contributed by atoms with van der Waals surface area (Å²) < 4.78 is 0. The van der Waals surface area contributed by atoms with Crippen LogP contribution in [0.5, 0.6) is 0 Å². The maximum absolute atomic E-state index is 11.9. The molecule has 4 heteroatoms. The Bertz CT molecular complexity index is 398. The van der Waals surface area contributed by atoms with Crippen molar-refractivity contribution >= 4 is 29.0 Å². The summed E-state index contributed by atoms with van der Waals surface area (Å²) in [5.41, 5.74) is 8.20. The second-order valence-electron chi connectivity index (χ2n) is 4.85. The average Bonchev–Trinajstić information content (AvgIpc) is 2.30. The number of amides is 1. The highest BCUT2D eigenvalue weighted by Crippen LogP contribution is 2.23. The summed E-state index contributed by atoms with van der Waals surface area (Å²) in [5.74, 6) is 1.05. The highest BCUT2D eigenvalue weighted by Gasteiger charge is 2.12. The first-order chi connectivity index (χ1) is 8.41. The molecule has 0 spiro atoms. The fourth-order valence-electron chi connectivity index (χ4n) is 1.44. The molecule has 0 aliphatic heterocycles. The smallest absolute Gasteiger partial charge is 0.234 e. The molecule has 1 aromatic carbocycles. The zero-order valence-corrected chi connectivity index (χ0v) is 12.3. The summed E-state index contributed by atoms with van der Waals surface area (Å²) in [7, 11) is 0. The van der Waals surface area contributed by atoms with Crippen LogP contribution in [-0.4, -0.2) is 16.9 Å². The first-order valence-electron chi connectivity index (χ1n) is 6.18. The lowest BCUT2D eigenvalue weighted by Gasteiger charge is -2.15. The molecule has 1 amide bonds. The maximum atomic E-state index is 11.9. The fraction of sp³-hybridized carbons (Fsp3) is 0.500. The number of rotatable bonds is 5. The van der Waals surface area contributed by atoms with Gasteiger partial charge in [0.2, 0.25) is 5.91 Å². The van der Waals surface area contributed by atoms with Gasteiger partial charge in [-0.2, -0.15) is 0 Å². The molecule has 0 saturated heterocycles. The summed E-state index contributed by atoms with van der Waals surface area (Å²) in [6.45, 7) is 8.41. The van der Waals surface area contributed by atoms with Crippen molar-refractivity contribution in [1.82, 2.24) is 0 Å². The molecule has 0 aliphatic rings. The van der Waals surface area contributed by atoms with Crippen molar-refractivity contribution in [3.05, 3.63) is 23.8 Å². The van der Waals surface area contributed by atoms with Crippen LogP contribution in [0.1, 0.15) is 26.3 Å². The molecule has 0 saturated carbocycles. The second kappa shape index (κ2) is 6.69. The van der Waals surface area contributed by atoms with Gasteiger partial charge in [0, 0.05) is 5.25 Å². The Morgan fingerprint density at radius 3 is 2.61 bits per heavy atom. The van der Waals surface area contributed by atoms with E-state index < -0.39 is 0 Å². The molecule has 0 radical (unpaired) electrons. The molecule has 0 aliphatic carbocycles. The second-order valence-corrected chi connectivity index (χ2v) is 6.21. The molecule has 0 aromatic heterocycles. The van der Waals surface area contributed by atoms with E-state index >= 15 is 0 Å². The van der Waals surface area contributed by atoms with Crippen molar-refractivity contribution in [1.29, 1.82) is 0 Å². The number of nitrogens with one attached hydrogen (secondary N) is 1. The molecule has 1 unspecified atom stereocenters. The molecule has 3 nitrogen and oxygen atoms in total. The Labute approximate surface area is 114 Å². The summed E-state index contributed by atoms with van der Waals surface area (Å²) in [6.07, 6.45) is 0. The van der Waals surface area contributed by atoms with Crippen molar-refractivity contribution in [2.24, 2.45) is 5.92 Å². The van der Waals surface area contributed by atoms with Gasteiger partial charge in [0.1, 0.15) is 0 Å². The lowest BCUT2D eigenvalue weighted by molar-refractivity contribution is -0.113. The van der Waals surface area contributed by atoms with Crippen LogP contribution in [-0.2, 0) is 4.79 Å². The van der Waals surface area contributed by atoms with E-state index in [-0.39, 0.29) is 5.91 Å². The number of carbonyl (C=O) groups is 1. The third kappa shape index (κ3) is 4.26. The first-order valence-corrected chi connectivity index (χ1v) is 7.23. The van der Waals surface area contributed by atoms with Crippen LogP contribution >= 0.6 is 11.8 Å². The predicted octanol–water partition coefficient (Wildman–Crippen LogP) is 3.29. The Balaban J connectivity index is 2.55. The summed E-state index contributed by atoms with van der Waals surface area (Å²) in [6, 6.07) is 5.62. The van der Waals surface area contributed by atoms with Crippen LogP contribution < -0.4 is 11.1 Å². The molecule has 100 valence electrons. The first kappa shape index (κ1) is 14.9. The number of aryl methyl sites for hydroxylation is 1. The molecule has 1 aromatic rings. The summed E-state index contributed by atoms with van der Waals surface area (Å²) >= 11 is 1.67. The number of anilines is 2. The number of hydrogen-bond acceptors (Lipinski definition) is 3. The van der Waals surface area contributed by atoms with E-state index in [1.165, 1.54) is 0 Å². The Hall–Kier alpha value is -1.16. The van der Waals surface area contributed by atoms with Gasteiger partial charge in [-0.25, -0.2) is 0 Å². The molecular formula is C14H22N2OS. The lowest BCUT2D eigenvalue weighted by Crippen LogP contribution is -2.18. The number of nitrogen functional groups attached to an aromatic ring is 1. The minimum atomic E-state index is 0.00787. The van der Waals surface area contributed by atoms with Crippen molar-refractivity contribution in [3.8, 4) is 0 Å². The number of para-hydroxylation sites is 1. The zero-order valence-electron chi connectivity index (χ0n) is 11.5. The number of thioether (sulfide) groups is 1. The molecular weight excluding hydrogens is 244 g/mol. The SMILES string of the molecule is Cc1cccc(N)c1NC(=O)CSC(C)C(C)C. The standard InChI is InChI=1S/C14H22N2OS/c1-9(2)11(4)18-8-13(17)16-14-10(3)6-5-7-12(14)15/h5-7,9,11H,8,15H2,1-4H3,(H,16,17). The van der Waals surface area contributed by atoms with E-state index in [1.807, 2.05) is 19.1 Å². The summed E-state index contributed by atoms with van der Waals surface area (Å²) in [5, 5.41) is 3.36. The fourth-order valence-corrected chi connectivity index (χ4v) is 2.31. The highest BCUT2D eigenvalue weighted by molar-refractivity contribution is 8.00. The number of carbonyl (C=O) groups excluding carboxylic acids is 1. The van der Waals surface area contributed by atoms with Gasteiger partial charge in [-0.05, 0) is 24.5 Å². The van der Waals surface area contributed by atoms with Crippen LogP contribution in [0.15, 0.2) is 18.2 Å². The summed E-state index contributed by atoms with van der Waals surface area (Å²) in [4.78, 5) is 11.9. The third-order valence-electron chi connectivity index (χ3n) is 2.99. The van der Waals surface area contributed by atoms with Gasteiger partial charge in [-0.15, -0.1) is 11.8 Å². The van der Waals surface area contributed by atoms with E-state index in [1.54, 1.807) is 17.8 Å². The average molecular weight is 266 g/mol. The molecule has 18 heavy (non-hydrogen) atoms. The molecule has 1 rings (SSSR count). The van der Waals surface area contributed by atoms with Crippen molar-refractivity contribution in [2.75, 3.05) is 16.8 Å². The van der Waals surface area contributed by atoms with Crippen molar-refractivity contribution in [3.63, 3.8) is 0 Å². The monoisotopic (exact) mass is 266 g/mol. The van der Waals surface area contributed by atoms with E-state index in [4.69, 9.17) is 5.73 Å². The van der Waals surface area contributed by atoms with Gasteiger partial charge >= 0.3 is 0 Å². The minimum Gasteiger partial charge on any atom is -0.397 e. The molecule has 3 N–H and O–H groups in total. The minimum absolute atomic E-state index is 0.00787. The molecule has 1 atom stereocenters. The van der Waals surface area contributed by atoms with E-state index in [0.29, 0.717) is 22.6 Å². The van der Waals surface area contributed by atoms with Crippen molar-refractivity contribution < 1.29 is 4.79 Å². The van der Waals surface area contributed by atoms with Gasteiger partial charge < -0.3 is 11.1 Å². The number of hydrogen-bond donors (Lipinski definition) is 2. The largest absolute Gasteiger partial charge is 0.397 e. The van der Waals surface area contributed by atoms with Crippen LogP contribution in [0.2, 0.25) is 0 Å². The normalized spacial score (nSPS) is 12.5. The van der Waals surface area contributed by atoms with Gasteiger partial charge in [0.15, 0.2) is 0 Å². The van der Waals surface area contributed by atoms with Crippen LogP contribution in [0.4, 0.5) is 11.4 Å². The van der Waals surface area contributed by atoms with Gasteiger partial charge in [0.05, 0.1) is 17.1 Å². The predicted molar refractivity (Wildman–Crippen MR) is 81.0 cm³/mol. The van der Waals surface area contributed by atoms with Gasteiger partial charge in [-0.1, -0.05) is 32.9 Å². The number of nitrogens with two attached hydrogens (primary N) is 1. The molecule has 0 heterocycles. The highest BCUT2D eigenvalue weighted by atomic mass is 32.2. The van der Waals surface area contributed by atoms with Crippen LogP contribution in [0, 0.1) is 12.8 Å². The van der Waals surface area contributed by atoms with Crippen LogP contribution in [0.25, 0.3) is 0 Å². The molecule has 0 bridgehead atoms. The Morgan fingerprint density at radius 2 is 2.06 bits per heavy atom. The van der Waals surface area contributed by atoms with E-state index in [9.17, 15) is 4.79 Å². The molecule has 0 fully saturated rings. The quantitative estimate of drug-likeness (QED) is 0.804. The van der Waals surface area contributed by atoms with E-state index in [2.05, 4.69) is 26.1 Å². The third-order valence-corrected chi connectivity index (χ3v) is 4.48. The Kier molecular flexibility index (Phi) is 5.54. The van der Waals surface area contributed by atoms with Crippen LogP contribution in [0.3, 0.4) is 0 Å². The van der Waals surface area contributed by atoms with E-state index in [0.717, 1.165) is 11.3 Å². The van der Waals surface area contributed by atoms with Gasteiger partial charge in [0.25, 0.3) is 0 Å².